The molecule has 9 aromatic carbocycles. The fraction of sp³-hybridized carbons (Fsp3) is 0.182. The number of hydrogen-bond acceptors (Lipinski definition) is 4. The quantitative estimate of drug-likeness (QED) is 0.165. The Bertz CT molecular complexity index is 3950. The Hall–Kier alpha value is -7.76. The number of anilines is 6. The zero-order valence-electron chi connectivity index (χ0n) is 42.1. The van der Waals surface area contributed by atoms with Gasteiger partial charge >= 0.3 is 0 Å². The van der Waals surface area contributed by atoms with Crippen LogP contribution in [0.5, 0.6) is 0 Å². The second-order valence-electron chi connectivity index (χ2n) is 23.0. The van der Waals surface area contributed by atoms with Gasteiger partial charge in [-0.15, -0.1) is 0 Å². The van der Waals surface area contributed by atoms with Crippen LogP contribution in [-0.2, 0) is 16.2 Å². The minimum absolute atomic E-state index is 0.00863. The van der Waals surface area contributed by atoms with Gasteiger partial charge in [0.15, 0.2) is 0 Å². The van der Waals surface area contributed by atoms with Gasteiger partial charge in [-0.3, -0.25) is 0 Å². The third kappa shape index (κ3) is 6.88. The number of nitrogens with zero attached hydrogens (tertiary/aromatic N) is 2. The highest BCUT2D eigenvalue weighted by Gasteiger charge is 2.45. The Morgan fingerprint density at radius 3 is 1.38 bits per heavy atom. The zero-order chi connectivity index (χ0) is 48.7. The topological polar surface area (TPSA) is 32.8 Å². The monoisotopic (exact) mass is 920 g/mol. The number of furan rings is 2. The number of rotatable bonds is 4. The van der Waals surface area contributed by atoms with E-state index in [1.54, 1.807) is 0 Å². The summed E-state index contributed by atoms with van der Waals surface area (Å²) in [4.78, 5) is 5.12. The van der Waals surface area contributed by atoms with E-state index >= 15 is 0 Å². The smallest absolute Gasteiger partial charge is 0.252 e. The summed E-state index contributed by atoms with van der Waals surface area (Å²) in [5, 5.41) is 4.56. The molecule has 2 aliphatic rings. The molecule has 0 radical (unpaired) electrons. The Kier molecular flexibility index (Phi) is 9.37. The molecule has 4 heterocycles. The van der Waals surface area contributed by atoms with E-state index in [2.05, 4.69) is 236 Å². The summed E-state index contributed by atoms with van der Waals surface area (Å²) in [6, 6.07) is 67.6. The van der Waals surface area contributed by atoms with Crippen LogP contribution in [0.25, 0.3) is 66.1 Å². The molecule has 2 aliphatic heterocycles. The number of hydrogen-bond donors (Lipinski definition) is 0. The van der Waals surface area contributed by atoms with Crippen molar-refractivity contribution in [2.24, 2.45) is 0 Å². The van der Waals surface area contributed by atoms with Gasteiger partial charge in [0.2, 0.25) is 0 Å². The molecule has 0 N–H and O–H groups in total. The zero-order valence-corrected chi connectivity index (χ0v) is 42.1. The Balaban J connectivity index is 1.02. The van der Waals surface area contributed by atoms with Crippen LogP contribution in [0.3, 0.4) is 0 Å². The standard InChI is InChI=1S/C66H57BN2O2/c1-64(2,3)43-26-33-53-55(36-43)68(46-28-21-40(22-29-46)42-25-32-51-49-15-10-12-19-59(49)70-61(51)35-42)57-38-45(66(7,8)9)39-58-62(57)67(53)54-34-27-44(65(4,5)6)37-56(54)69(58)47-30-23-41(24-31-47)48-17-14-18-52-50-16-11-13-20-60(50)71-63(48)52/h10-39H,1-9H3. The molecule has 0 aliphatic carbocycles. The van der Waals surface area contributed by atoms with Crippen molar-refractivity contribution in [3.63, 3.8) is 0 Å². The summed E-state index contributed by atoms with van der Waals surface area (Å²) >= 11 is 0. The lowest BCUT2D eigenvalue weighted by atomic mass is 9.33. The van der Waals surface area contributed by atoms with Crippen molar-refractivity contribution in [2.45, 2.75) is 78.6 Å². The van der Waals surface area contributed by atoms with Crippen LogP contribution < -0.4 is 26.2 Å². The van der Waals surface area contributed by atoms with E-state index in [9.17, 15) is 0 Å². The van der Waals surface area contributed by atoms with Crippen molar-refractivity contribution in [3.8, 4) is 22.3 Å². The molecule has 0 fully saturated rings. The minimum Gasteiger partial charge on any atom is -0.456 e. The molecule has 0 saturated heterocycles. The molecular formula is C66H57BN2O2. The van der Waals surface area contributed by atoms with E-state index in [1.807, 2.05) is 18.2 Å². The van der Waals surface area contributed by atoms with E-state index < -0.39 is 0 Å². The van der Waals surface area contributed by atoms with Gasteiger partial charge < -0.3 is 18.6 Å². The maximum Gasteiger partial charge on any atom is 0.252 e. The Morgan fingerprint density at radius 1 is 0.352 bits per heavy atom. The van der Waals surface area contributed by atoms with E-state index in [-0.39, 0.29) is 23.0 Å². The summed E-state index contributed by atoms with van der Waals surface area (Å²) in [5.74, 6) is 0. The first kappa shape index (κ1) is 43.3. The molecule has 0 atom stereocenters. The van der Waals surface area contributed by atoms with Gasteiger partial charge in [0, 0.05) is 61.2 Å². The van der Waals surface area contributed by atoms with Crippen LogP contribution in [0.1, 0.15) is 79.0 Å². The van der Waals surface area contributed by atoms with Crippen molar-refractivity contribution in [3.05, 3.63) is 199 Å². The van der Waals surface area contributed by atoms with Gasteiger partial charge in [-0.25, -0.2) is 0 Å². The first-order valence-electron chi connectivity index (χ1n) is 25.2. The van der Waals surface area contributed by atoms with Crippen molar-refractivity contribution >= 4 is 101 Å². The summed E-state index contributed by atoms with van der Waals surface area (Å²) in [6.07, 6.45) is 0. The third-order valence-electron chi connectivity index (χ3n) is 15.3. The van der Waals surface area contributed by atoms with Gasteiger partial charge in [-0.1, -0.05) is 172 Å². The second kappa shape index (κ2) is 15.4. The molecular weight excluding hydrogens is 864 g/mol. The Morgan fingerprint density at radius 2 is 0.817 bits per heavy atom. The fourth-order valence-electron chi connectivity index (χ4n) is 11.4. The fourth-order valence-corrected chi connectivity index (χ4v) is 11.4. The minimum atomic E-state index is -0.145. The average Bonchev–Trinajstić information content (AvgIpc) is 3.93. The van der Waals surface area contributed by atoms with Crippen LogP contribution in [0, 0.1) is 0 Å². The second-order valence-corrected chi connectivity index (χ2v) is 23.0. The molecule has 0 amide bonds. The van der Waals surface area contributed by atoms with Gasteiger partial charge in [0.05, 0.1) is 0 Å². The lowest BCUT2D eigenvalue weighted by molar-refractivity contribution is 0.590. The normalized spacial score (nSPS) is 13.6. The summed E-state index contributed by atoms with van der Waals surface area (Å²) in [6.45, 7) is 21.0. The van der Waals surface area contributed by atoms with E-state index in [0.29, 0.717) is 0 Å². The van der Waals surface area contributed by atoms with Gasteiger partial charge in [-0.2, -0.15) is 0 Å². The molecule has 11 aromatic rings. The Labute approximate surface area is 417 Å². The molecule has 71 heavy (non-hydrogen) atoms. The summed E-state index contributed by atoms with van der Waals surface area (Å²) in [5.41, 5.74) is 22.9. The predicted molar refractivity (Wildman–Crippen MR) is 302 cm³/mol. The van der Waals surface area contributed by atoms with Gasteiger partial charge in [0.25, 0.3) is 6.71 Å². The predicted octanol–water partition coefficient (Wildman–Crippen LogP) is 16.8. The maximum atomic E-state index is 6.55. The first-order chi connectivity index (χ1) is 34.1. The highest BCUT2D eigenvalue weighted by Crippen LogP contribution is 2.48. The lowest BCUT2D eigenvalue weighted by Crippen LogP contribution is -2.61. The molecule has 5 heteroatoms. The molecule has 4 nitrogen and oxygen atoms in total. The molecule has 0 bridgehead atoms. The average molecular weight is 921 g/mol. The van der Waals surface area contributed by atoms with Crippen molar-refractivity contribution < 1.29 is 8.83 Å². The van der Waals surface area contributed by atoms with Gasteiger partial charge in [-0.05, 0) is 139 Å². The maximum absolute atomic E-state index is 6.55. The molecule has 0 spiro atoms. The lowest BCUT2D eigenvalue weighted by Gasteiger charge is -2.45. The van der Waals surface area contributed by atoms with E-state index in [0.717, 1.165) is 77.5 Å². The van der Waals surface area contributed by atoms with Crippen LogP contribution in [0.15, 0.2) is 191 Å². The highest BCUT2D eigenvalue weighted by molar-refractivity contribution is 7.00. The van der Waals surface area contributed by atoms with Crippen LogP contribution >= 0.6 is 0 Å². The molecule has 346 valence electrons. The molecule has 0 saturated carbocycles. The molecule has 0 unspecified atom stereocenters. The van der Waals surface area contributed by atoms with Gasteiger partial charge in [0.1, 0.15) is 22.3 Å². The number of benzene rings is 9. The van der Waals surface area contributed by atoms with Crippen LogP contribution in [0.2, 0.25) is 0 Å². The number of fused-ring (bicyclic) bond motifs is 10. The van der Waals surface area contributed by atoms with Crippen molar-refractivity contribution in [2.75, 3.05) is 9.80 Å². The first-order valence-corrected chi connectivity index (χ1v) is 25.2. The SMILES string of the molecule is CC(C)(C)c1ccc2c(c1)N(c1ccc(-c3ccc4c(c3)oc3ccccc34)cc1)c1cc(C(C)(C)C)cc3c1B2c1ccc(C(C)(C)C)cc1N3c1ccc(-c2cccc3c2oc2ccccc23)cc1. The van der Waals surface area contributed by atoms with E-state index in [4.69, 9.17) is 8.83 Å². The summed E-state index contributed by atoms with van der Waals surface area (Å²) < 4.78 is 12.9. The van der Waals surface area contributed by atoms with Crippen LogP contribution in [0.4, 0.5) is 34.1 Å². The number of para-hydroxylation sites is 3. The van der Waals surface area contributed by atoms with Crippen LogP contribution in [-0.4, -0.2) is 6.71 Å². The largest absolute Gasteiger partial charge is 0.456 e. The van der Waals surface area contributed by atoms with Crippen molar-refractivity contribution in [1.29, 1.82) is 0 Å². The summed E-state index contributed by atoms with van der Waals surface area (Å²) in [7, 11) is 0. The third-order valence-corrected chi connectivity index (χ3v) is 15.3. The van der Waals surface area contributed by atoms with E-state index in [1.165, 1.54) is 55.8 Å². The molecule has 13 rings (SSSR count). The highest BCUT2D eigenvalue weighted by atomic mass is 16.3. The van der Waals surface area contributed by atoms with Crippen molar-refractivity contribution in [1.82, 2.24) is 0 Å². The molecule has 2 aromatic heterocycles.